The van der Waals surface area contributed by atoms with E-state index in [1.807, 2.05) is 35.2 Å². The molecule has 0 saturated carbocycles. The van der Waals surface area contributed by atoms with Gasteiger partial charge in [-0.1, -0.05) is 30.3 Å². The average molecular weight is 247 g/mol. The minimum absolute atomic E-state index is 0.0288. The van der Waals surface area contributed by atoms with E-state index >= 15 is 0 Å². The summed E-state index contributed by atoms with van der Waals surface area (Å²) in [5, 5.41) is 0. The van der Waals surface area contributed by atoms with E-state index < -0.39 is 6.04 Å². The number of nitrogens with two attached hydrogens (primary N) is 1. The van der Waals surface area contributed by atoms with Gasteiger partial charge in [0.05, 0.1) is 0 Å². The smallest absolute Gasteiger partial charge is 0.244 e. The van der Waals surface area contributed by atoms with Gasteiger partial charge in [-0.25, -0.2) is 0 Å². The van der Waals surface area contributed by atoms with E-state index in [1.54, 1.807) is 0 Å². The van der Waals surface area contributed by atoms with E-state index in [9.17, 15) is 4.79 Å². The molecule has 0 radical (unpaired) electrons. The molecule has 0 spiro atoms. The topological polar surface area (TPSA) is 49.6 Å². The van der Waals surface area contributed by atoms with Crippen molar-refractivity contribution in [1.82, 2.24) is 9.80 Å². The van der Waals surface area contributed by atoms with Crippen LogP contribution in [0.4, 0.5) is 0 Å². The van der Waals surface area contributed by atoms with E-state index in [-0.39, 0.29) is 5.91 Å². The number of rotatable bonds is 2. The van der Waals surface area contributed by atoms with Crippen LogP contribution in [0.1, 0.15) is 18.5 Å². The number of hydrogen-bond acceptors (Lipinski definition) is 3. The first kappa shape index (κ1) is 13.1. The molecule has 0 aromatic heterocycles. The minimum atomic E-state index is -0.540. The predicted molar refractivity (Wildman–Crippen MR) is 72.0 cm³/mol. The summed E-state index contributed by atoms with van der Waals surface area (Å²) in [5.41, 5.74) is 6.93. The molecule has 1 heterocycles. The lowest BCUT2D eigenvalue weighted by Crippen LogP contribution is -2.53. The van der Waals surface area contributed by atoms with Crippen molar-refractivity contribution in [3.8, 4) is 0 Å². The molecule has 18 heavy (non-hydrogen) atoms. The molecule has 4 nitrogen and oxygen atoms in total. The van der Waals surface area contributed by atoms with E-state index in [4.69, 9.17) is 5.73 Å². The number of likely N-dealkylation sites (N-methyl/N-ethyl adjacent to an activating group) is 1. The Morgan fingerprint density at radius 1 is 1.33 bits per heavy atom. The number of carbonyl (C=O) groups is 1. The summed E-state index contributed by atoms with van der Waals surface area (Å²) < 4.78 is 0. The van der Waals surface area contributed by atoms with E-state index in [1.165, 1.54) is 0 Å². The molecule has 0 bridgehead atoms. The van der Waals surface area contributed by atoms with Gasteiger partial charge < -0.3 is 15.5 Å². The third kappa shape index (κ3) is 2.71. The largest absolute Gasteiger partial charge is 0.338 e. The van der Waals surface area contributed by atoms with Gasteiger partial charge in [0.25, 0.3) is 0 Å². The molecule has 2 N–H and O–H groups in total. The normalized spacial score (nSPS) is 22.8. The second kappa shape index (κ2) is 5.50. The third-order valence-corrected chi connectivity index (χ3v) is 3.70. The monoisotopic (exact) mass is 247 g/mol. The highest BCUT2D eigenvalue weighted by atomic mass is 16.2. The Morgan fingerprint density at radius 2 is 2.00 bits per heavy atom. The molecular formula is C14H21N3O. The first-order chi connectivity index (χ1) is 8.59. The van der Waals surface area contributed by atoms with E-state index in [2.05, 4.69) is 18.9 Å². The minimum Gasteiger partial charge on any atom is -0.338 e. The predicted octanol–water partition coefficient (Wildman–Crippen LogP) is 0.849. The van der Waals surface area contributed by atoms with Gasteiger partial charge in [-0.15, -0.1) is 0 Å². The van der Waals surface area contributed by atoms with Gasteiger partial charge in [0, 0.05) is 25.7 Å². The second-order valence-corrected chi connectivity index (χ2v) is 5.00. The zero-order valence-corrected chi connectivity index (χ0v) is 11.0. The molecule has 1 aromatic rings. The van der Waals surface area contributed by atoms with Gasteiger partial charge >= 0.3 is 0 Å². The SMILES string of the molecule is CC1CN(C(=O)[C@H](N)c2ccccc2)CCN1C. The van der Waals surface area contributed by atoms with Crippen LogP contribution in [-0.2, 0) is 4.79 Å². The van der Waals surface area contributed by atoms with Crippen molar-refractivity contribution < 1.29 is 4.79 Å². The fourth-order valence-electron chi connectivity index (χ4n) is 2.25. The van der Waals surface area contributed by atoms with Crippen LogP contribution in [0.5, 0.6) is 0 Å². The standard InChI is InChI=1S/C14H21N3O/c1-11-10-17(9-8-16(11)2)14(18)13(15)12-6-4-3-5-7-12/h3-7,11,13H,8-10,15H2,1-2H3/t11?,13-/m1/s1. The highest BCUT2D eigenvalue weighted by Gasteiger charge is 2.28. The van der Waals surface area contributed by atoms with Crippen molar-refractivity contribution in [2.45, 2.75) is 19.0 Å². The summed E-state index contributed by atoms with van der Waals surface area (Å²) in [6, 6.07) is 9.42. The Bertz CT molecular complexity index is 407. The molecule has 2 atom stereocenters. The van der Waals surface area contributed by atoms with E-state index in [0.717, 1.165) is 25.2 Å². The molecule has 0 aliphatic carbocycles. The number of piperazine rings is 1. The highest BCUT2D eigenvalue weighted by molar-refractivity contribution is 5.83. The molecule has 2 rings (SSSR count). The first-order valence-corrected chi connectivity index (χ1v) is 6.39. The number of benzene rings is 1. The Balaban J connectivity index is 2.03. The summed E-state index contributed by atoms with van der Waals surface area (Å²) in [4.78, 5) is 16.5. The summed E-state index contributed by atoms with van der Waals surface area (Å²) in [6.07, 6.45) is 0. The summed E-state index contributed by atoms with van der Waals surface area (Å²) in [6.45, 7) is 4.57. The quantitative estimate of drug-likeness (QED) is 0.843. The summed E-state index contributed by atoms with van der Waals surface area (Å²) >= 11 is 0. The molecule has 1 saturated heterocycles. The second-order valence-electron chi connectivity index (χ2n) is 5.00. The molecule has 1 aromatic carbocycles. The number of carbonyl (C=O) groups excluding carboxylic acids is 1. The zero-order valence-electron chi connectivity index (χ0n) is 11.0. The van der Waals surface area contributed by atoms with Gasteiger partial charge in [0.1, 0.15) is 6.04 Å². The van der Waals surface area contributed by atoms with Crippen LogP contribution in [0, 0.1) is 0 Å². The number of nitrogens with zero attached hydrogens (tertiary/aromatic N) is 2. The third-order valence-electron chi connectivity index (χ3n) is 3.70. The molecule has 1 fully saturated rings. The molecule has 1 unspecified atom stereocenters. The fourth-order valence-corrected chi connectivity index (χ4v) is 2.25. The van der Waals surface area contributed by atoms with Crippen LogP contribution in [0.15, 0.2) is 30.3 Å². The summed E-state index contributed by atoms with van der Waals surface area (Å²) in [7, 11) is 2.09. The lowest BCUT2D eigenvalue weighted by atomic mass is 10.1. The fraction of sp³-hybridized carbons (Fsp3) is 0.500. The molecule has 98 valence electrons. The maximum atomic E-state index is 12.3. The van der Waals surface area contributed by atoms with Crippen molar-refractivity contribution in [2.75, 3.05) is 26.7 Å². The summed E-state index contributed by atoms with van der Waals surface area (Å²) in [5.74, 6) is 0.0288. The molecule has 1 aliphatic heterocycles. The Morgan fingerprint density at radius 3 is 2.61 bits per heavy atom. The van der Waals surface area contributed by atoms with E-state index in [0.29, 0.717) is 6.04 Å². The lowest BCUT2D eigenvalue weighted by molar-refractivity contribution is -0.135. The van der Waals surface area contributed by atoms with Crippen LogP contribution >= 0.6 is 0 Å². The van der Waals surface area contributed by atoms with Crippen molar-refractivity contribution in [3.63, 3.8) is 0 Å². The Labute approximate surface area is 108 Å². The Kier molecular flexibility index (Phi) is 3.99. The van der Waals surface area contributed by atoms with Crippen molar-refractivity contribution in [2.24, 2.45) is 5.73 Å². The van der Waals surface area contributed by atoms with Gasteiger partial charge in [-0.3, -0.25) is 4.79 Å². The van der Waals surface area contributed by atoms with Gasteiger partial charge in [0.2, 0.25) is 5.91 Å². The number of hydrogen-bond donors (Lipinski definition) is 1. The first-order valence-electron chi connectivity index (χ1n) is 6.39. The highest BCUT2D eigenvalue weighted by Crippen LogP contribution is 2.15. The van der Waals surface area contributed by atoms with Crippen molar-refractivity contribution in [3.05, 3.63) is 35.9 Å². The maximum absolute atomic E-state index is 12.3. The van der Waals surface area contributed by atoms with Gasteiger partial charge in [-0.2, -0.15) is 0 Å². The van der Waals surface area contributed by atoms with Crippen LogP contribution < -0.4 is 5.73 Å². The van der Waals surface area contributed by atoms with Gasteiger partial charge in [-0.05, 0) is 19.5 Å². The van der Waals surface area contributed by atoms with Crippen molar-refractivity contribution >= 4 is 5.91 Å². The zero-order chi connectivity index (χ0) is 13.1. The average Bonchev–Trinajstić information content (AvgIpc) is 2.41. The van der Waals surface area contributed by atoms with Crippen LogP contribution in [0.2, 0.25) is 0 Å². The lowest BCUT2D eigenvalue weighted by Gasteiger charge is -2.38. The maximum Gasteiger partial charge on any atom is 0.244 e. The van der Waals surface area contributed by atoms with Crippen LogP contribution in [0.3, 0.4) is 0 Å². The molecule has 1 amide bonds. The Hall–Kier alpha value is -1.39. The van der Waals surface area contributed by atoms with Crippen LogP contribution in [-0.4, -0.2) is 48.4 Å². The molecule has 4 heteroatoms. The van der Waals surface area contributed by atoms with Crippen molar-refractivity contribution in [1.29, 1.82) is 0 Å². The van der Waals surface area contributed by atoms with Gasteiger partial charge in [0.15, 0.2) is 0 Å². The molecule has 1 aliphatic rings. The molecular weight excluding hydrogens is 226 g/mol. The van der Waals surface area contributed by atoms with Crippen LogP contribution in [0.25, 0.3) is 0 Å². The number of amides is 1.